The number of carbonyl (C=O) groups is 2. The summed E-state index contributed by atoms with van der Waals surface area (Å²) in [4.78, 5) is 24.9. The molecule has 0 spiro atoms. The van der Waals surface area contributed by atoms with Gasteiger partial charge in [0.25, 0.3) is 0 Å². The fourth-order valence-electron chi connectivity index (χ4n) is 0.837. The Morgan fingerprint density at radius 2 is 1.42 bits per heavy atom. The number of amides is 2. The lowest BCUT2D eigenvalue weighted by Gasteiger charge is -2.19. The first-order chi connectivity index (χ1) is 5.45. The normalized spacial score (nSPS) is 10.1. The van der Waals surface area contributed by atoms with Crippen molar-refractivity contribution in [1.82, 2.24) is 9.80 Å². The van der Waals surface area contributed by atoms with Crippen molar-refractivity contribution in [3.8, 4) is 0 Å². The highest BCUT2D eigenvalue weighted by Gasteiger charge is 2.12. The van der Waals surface area contributed by atoms with Crippen LogP contribution in [0.15, 0.2) is 0 Å². The van der Waals surface area contributed by atoms with E-state index in [0.29, 0.717) is 13.1 Å². The average molecular weight is 172 g/mol. The van der Waals surface area contributed by atoms with Crippen molar-refractivity contribution >= 4 is 11.8 Å². The van der Waals surface area contributed by atoms with E-state index in [1.807, 2.05) is 19.0 Å². The van der Waals surface area contributed by atoms with Crippen molar-refractivity contribution in [3.05, 3.63) is 0 Å². The molecule has 70 valence electrons. The molecule has 0 radical (unpaired) electrons. The first kappa shape index (κ1) is 11.1. The van der Waals surface area contributed by atoms with Gasteiger partial charge in [0.2, 0.25) is 11.8 Å². The molecule has 4 nitrogen and oxygen atoms in total. The summed E-state index contributed by atoms with van der Waals surface area (Å²) in [6.45, 7) is 3.98. The third kappa shape index (κ3) is 4.08. The molecule has 0 saturated heterocycles. The molecule has 0 unspecified atom stereocenters. The van der Waals surface area contributed by atoms with Crippen molar-refractivity contribution in [2.24, 2.45) is 0 Å². The van der Waals surface area contributed by atoms with Gasteiger partial charge < -0.3 is 4.90 Å². The minimum atomic E-state index is -0.190. The lowest BCUT2D eigenvalue weighted by molar-refractivity contribution is -0.142. The predicted molar refractivity (Wildman–Crippen MR) is 46.6 cm³/mol. The SMILES string of the molecule is CC(=O)N(CCN(C)C)C(C)=O. The Morgan fingerprint density at radius 3 is 1.67 bits per heavy atom. The van der Waals surface area contributed by atoms with Crippen LogP contribution in [0.3, 0.4) is 0 Å². The van der Waals surface area contributed by atoms with E-state index >= 15 is 0 Å². The monoisotopic (exact) mass is 172 g/mol. The highest BCUT2D eigenvalue weighted by molar-refractivity contribution is 5.92. The first-order valence-corrected chi connectivity index (χ1v) is 3.88. The van der Waals surface area contributed by atoms with Crippen LogP contribution in [0.1, 0.15) is 13.8 Å². The summed E-state index contributed by atoms with van der Waals surface area (Å²) >= 11 is 0. The van der Waals surface area contributed by atoms with E-state index in [1.54, 1.807) is 0 Å². The second-order valence-corrected chi connectivity index (χ2v) is 2.99. The minimum Gasteiger partial charge on any atom is -0.308 e. The minimum absolute atomic E-state index is 0.190. The van der Waals surface area contributed by atoms with Gasteiger partial charge in [-0.2, -0.15) is 0 Å². The zero-order valence-electron chi connectivity index (χ0n) is 8.13. The second kappa shape index (κ2) is 4.87. The Labute approximate surface area is 73.1 Å². The summed E-state index contributed by atoms with van der Waals surface area (Å²) in [7, 11) is 3.80. The molecule has 0 aromatic carbocycles. The molecule has 4 heteroatoms. The Balaban J connectivity index is 3.97. The topological polar surface area (TPSA) is 40.6 Å². The number of imide groups is 1. The molecule has 0 heterocycles. The number of rotatable bonds is 3. The van der Waals surface area contributed by atoms with E-state index in [9.17, 15) is 9.59 Å². The van der Waals surface area contributed by atoms with Gasteiger partial charge in [0.15, 0.2) is 0 Å². The summed E-state index contributed by atoms with van der Waals surface area (Å²) in [5.74, 6) is -0.381. The van der Waals surface area contributed by atoms with Gasteiger partial charge in [-0.1, -0.05) is 0 Å². The molecule has 0 fully saturated rings. The van der Waals surface area contributed by atoms with E-state index in [0.717, 1.165) is 0 Å². The number of hydrogen-bond donors (Lipinski definition) is 0. The van der Waals surface area contributed by atoms with Crippen LogP contribution in [0.4, 0.5) is 0 Å². The third-order valence-electron chi connectivity index (χ3n) is 1.53. The molecule has 0 atom stereocenters. The van der Waals surface area contributed by atoms with E-state index in [1.165, 1.54) is 18.7 Å². The molecule has 0 aliphatic rings. The molecular weight excluding hydrogens is 156 g/mol. The molecule has 0 bridgehead atoms. The van der Waals surface area contributed by atoms with Gasteiger partial charge in [-0.25, -0.2) is 0 Å². The smallest absolute Gasteiger partial charge is 0.226 e. The van der Waals surface area contributed by atoms with Gasteiger partial charge >= 0.3 is 0 Å². The van der Waals surface area contributed by atoms with Gasteiger partial charge in [0, 0.05) is 26.9 Å². The zero-order chi connectivity index (χ0) is 9.72. The van der Waals surface area contributed by atoms with Gasteiger partial charge in [0.05, 0.1) is 0 Å². The van der Waals surface area contributed by atoms with Gasteiger partial charge in [-0.3, -0.25) is 14.5 Å². The maximum absolute atomic E-state index is 10.9. The molecule has 0 aromatic rings. The van der Waals surface area contributed by atoms with E-state index in [4.69, 9.17) is 0 Å². The molecule has 0 rings (SSSR count). The average Bonchev–Trinajstić information content (AvgIpc) is 1.84. The van der Waals surface area contributed by atoms with Crippen molar-refractivity contribution in [3.63, 3.8) is 0 Å². The Hall–Kier alpha value is -0.900. The molecule has 0 aliphatic heterocycles. The first-order valence-electron chi connectivity index (χ1n) is 3.88. The lowest BCUT2D eigenvalue weighted by Crippen LogP contribution is -2.38. The van der Waals surface area contributed by atoms with Crippen LogP contribution in [0.5, 0.6) is 0 Å². The summed E-state index contributed by atoms with van der Waals surface area (Å²) < 4.78 is 0. The van der Waals surface area contributed by atoms with Gasteiger partial charge in [-0.05, 0) is 14.1 Å². The summed E-state index contributed by atoms with van der Waals surface area (Å²) in [5, 5.41) is 0. The van der Waals surface area contributed by atoms with E-state index < -0.39 is 0 Å². The number of likely N-dealkylation sites (N-methyl/N-ethyl adjacent to an activating group) is 1. The zero-order valence-corrected chi connectivity index (χ0v) is 8.13. The van der Waals surface area contributed by atoms with E-state index in [2.05, 4.69) is 0 Å². The van der Waals surface area contributed by atoms with Gasteiger partial charge in [-0.15, -0.1) is 0 Å². The fourth-order valence-corrected chi connectivity index (χ4v) is 0.837. The highest BCUT2D eigenvalue weighted by Crippen LogP contribution is 1.90. The largest absolute Gasteiger partial charge is 0.308 e. The molecule has 0 saturated carbocycles. The van der Waals surface area contributed by atoms with Gasteiger partial charge in [0.1, 0.15) is 0 Å². The molecule has 2 amide bonds. The van der Waals surface area contributed by atoms with Crippen molar-refractivity contribution < 1.29 is 9.59 Å². The fraction of sp³-hybridized carbons (Fsp3) is 0.750. The molecule has 0 aliphatic carbocycles. The quantitative estimate of drug-likeness (QED) is 0.599. The standard InChI is InChI=1S/C8H16N2O2/c1-7(11)10(8(2)12)6-5-9(3)4/h5-6H2,1-4H3. The van der Waals surface area contributed by atoms with Crippen LogP contribution in [0.2, 0.25) is 0 Å². The highest BCUT2D eigenvalue weighted by atomic mass is 16.2. The predicted octanol–water partition coefficient (Wildman–Crippen LogP) is -0.0570. The van der Waals surface area contributed by atoms with Crippen LogP contribution in [-0.2, 0) is 9.59 Å². The Kier molecular flexibility index (Phi) is 4.51. The van der Waals surface area contributed by atoms with Crippen molar-refractivity contribution in [2.45, 2.75) is 13.8 Å². The molecular formula is C8H16N2O2. The molecule has 0 N–H and O–H groups in total. The summed E-state index contributed by atoms with van der Waals surface area (Å²) in [6.07, 6.45) is 0. The number of nitrogens with zero attached hydrogens (tertiary/aromatic N) is 2. The Morgan fingerprint density at radius 1 is 1.00 bits per heavy atom. The second-order valence-electron chi connectivity index (χ2n) is 2.99. The van der Waals surface area contributed by atoms with Crippen molar-refractivity contribution in [1.29, 1.82) is 0 Å². The third-order valence-corrected chi connectivity index (χ3v) is 1.53. The molecule has 0 aromatic heterocycles. The number of carbonyl (C=O) groups excluding carboxylic acids is 2. The summed E-state index contributed by atoms with van der Waals surface area (Å²) in [6, 6.07) is 0. The summed E-state index contributed by atoms with van der Waals surface area (Å²) in [5.41, 5.74) is 0. The number of hydrogen-bond acceptors (Lipinski definition) is 3. The van der Waals surface area contributed by atoms with Crippen LogP contribution >= 0.6 is 0 Å². The lowest BCUT2D eigenvalue weighted by atomic mass is 10.4. The van der Waals surface area contributed by atoms with Crippen LogP contribution < -0.4 is 0 Å². The maximum Gasteiger partial charge on any atom is 0.226 e. The Bertz CT molecular complexity index is 164. The van der Waals surface area contributed by atoms with E-state index in [-0.39, 0.29) is 11.8 Å². The maximum atomic E-state index is 10.9. The van der Waals surface area contributed by atoms with Crippen LogP contribution in [-0.4, -0.2) is 48.8 Å². The van der Waals surface area contributed by atoms with Crippen molar-refractivity contribution in [2.75, 3.05) is 27.2 Å². The van der Waals surface area contributed by atoms with Crippen LogP contribution in [0, 0.1) is 0 Å². The van der Waals surface area contributed by atoms with Crippen LogP contribution in [0.25, 0.3) is 0 Å². The molecule has 12 heavy (non-hydrogen) atoms.